The first-order valence-corrected chi connectivity index (χ1v) is 18.0. The highest BCUT2D eigenvalue weighted by atomic mass is 16.9. The number of aryl methyl sites for hydroxylation is 1. The molecule has 0 saturated heterocycles. The van der Waals surface area contributed by atoms with Crippen LogP contribution in [0, 0.1) is 22.0 Å². The number of rotatable bonds is 24. The van der Waals surface area contributed by atoms with E-state index in [0.29, 0.717) is 50.5 Å². The number of hydrogen-bond acceptors (Lipinski definition) is 12. The highest BCUT2D eigenvalue weighted by molar-refractivity contribution is 5.83. The third-order valence-corrected chi connectivity index (χ3v) is 9.03. The lowest BCUT2D eigenvalue weighted by atomic mass is 9.85. The Morgan fingerprint density at radius 1 is 0.962 bits per heavy atom. The Balaban J connectivity index is 1.30. The molecule has 0 aliphatic heterocycles. The number of ether oxygens (including phenoxy) is 3. The normalized spacial score (nSPS) is 18.9. The molecular weight excluding hydrogens is 688 g/mol. The van der Waals surface area contributed by atoms with Crippen LogP contribution in [-0.2, 0) is 30.4 Å². The van der Waals surface area contributed by atoms with Crippen molar-refractivity contribution in [3.63, 3.8) is 0 Å². The lowest BCUT2D eigenvalue weighted by Gasteiger charge is -2.23. The number of carbonyl (C=O) groups excluding carboxylic acids is 3. The van der Waals surface area contributed by atoms with E-state index in [2.05, 4.69) is 10.2 Å². The second-order valence-corrected chi connectivity index (χ2v) is 13.0. The molecule has 1 saturated carbocycles. The first-order valence-electron chi connectivity index (χ1n) is 18.0. The van der Waals surface area contributed by atoms with Gasteiger partial charge in [0.1, 0.15) is 13.2 Å². The van der Waals surface area contributed by atoms with Crippen LogP contribution in [0.25, 0.3) is 6.08 Å². The number of amides is 1. The zero-order valence-electron chi connectivity index (χ0n) is 30.2. The molecule has 5 atom stereocenters. The molecule has 1 fully saturated rings. The summed E-state index contributed by atoms with van der Waals surface area (Å²) in [6, 6.07) is 14.8. The smallest absolute Gasteiger partial charge is 0.330 e. The summed E-state index contributed by atoms with van der Waals surface area (Å²) in [6.07, 6.45) is 10.7. The highest BCUT2D eigenvalue weighted by Gasteiger charge is 2.40. The molecule has 0 spiro atoms. The number of unbranched alkanes of at least 4 members (excludes halogenated alkanes) is 1. The summed E-state index contributed by atoms with van der Waals surface area (Å²) in [6.45, 7) is -0.524. The maximum absolute atomic E-state index is 12.4. The predicted molar refractivity (Wildman–Crippen MR) is 195 cm³/mol. The summed E-state index contributed by atoms with van der Waals surface area (Å²) < 4.78 is 15.7. The van der Waals surface area contributed by atoms with E-state index in [1.165, 1.54) is 18.7 Å². The zero-order valence-corrected chi connectivity index (χ0v) is 30.2. The number of hydrogen-bond donors (Lipinski definition) is 4. The molecule has 290 valence electrons. The molecule has 2 aromatic rings. The fraction of sp³-hybridized carbons (Fsp3) is 0.513. The maximum atomic E-state index is 12.4. The van der Waals surface area contributed by atoms with Gasteiger partial charge in [0.25, 0.3) is 5.09 Å². The monoisotopic (exact) mass is 740 g/mol. The number of methoxy groups -OCH3 is 1. The average molecular weight is 741 g/mol. The van der Waals surface area contributed by atoms with Crippen molar-refractivity contribution < 1.29 is 53.8 Å². The number of allylic oxidation sites excluding steroid dienone is 2. The minimum Gasteiger partial charge on any atom is -0.493 e. The summed E-state index contributed by atoms with van der Waals surface area (Å²) in [5.41, 5.74) is 1.86. The standard InChI is InChI=1S/C39H52N2O12/c1-50-36-25-29(13-9-23-51-38(46)16-10-24-52-41(48)49)18-22-35(36)53-39(47)27-40-37(45)15-8-3-2-7-14-31-32(34(44)26-33(31)43)21-20-30(42)19-17-28-11-5-4-6-12-28/h2,4-7,9,11-13,18,22,25,30-34,42-44H,3,8,10,14-17,19-21,23-24,26-27H2,1H3,(H,40,45)/b7-2-,13-9+/t30-,31+,32+,33-,34+/m0/s1. The van der Waals surface area contributed by atoms with Crippen LogP contribution in [0.4, 0.5) is 0 Å². The Labute approximate surface area is 309 Å². The summed E-state index contributed by atoms with van der Waals surface area (Å²) >= 11 is 0. The number of nitrogens with zero attached hydrogens (tertiary/aromatic N) is 1. The number of aliphatic hydroxyl groups is 3. The molecule has 0 radical (unpaired) electrons. The van der Waals surface area contributed by atoms with Crippen LogP contribution >= 0.6 is 0 Å². The molecule has 3 rings (SSSR count). The molecule has 0 aromatic heterocycles. The molecule has 53 heavy (non-hydrogen) atoms. The van der Waals surface area contributed by atoms with Gasteiger partial charge in [-0.2, -0.15) is 0 Å². The van der Waals surface area contributed by atoms with Crippen molar-refractivity contribution in [3.8, 4) is 11.5 Å². The third kappa shape index (κ3) is 16.6. The van der Waals surface area contributed by atoms with Gasteiger partial charge in [-0.05, 0) is 99.0 Å². The molecule has 0 unspecified atom stereocenters. The van der Waals surface area contributed by atoms with E-state index in [4.69, 9.17) is 14.2 Å². The molecule has 1 aliphatic carbocycles. The predicted octanol–water partition coefficient (Wildman–Crippen LogP) is 4.51. The van der Waals surface area contributed by atoms with Crippen LogP contribution in [0.2, 0.25) is 0 Å². The number of aliphatic hydroxyl groups excluding tert-OH is 3. The Bertz CT molecular complexity index is 1500. The fourth-order valence-electron chi connectivity index (χ4n) is 6.21. The fourth-order valence-corrected chi connectivity index (χ4v) is 6.21. The Morgan fingerprint density at radius 3 is 2.49 bits per heavy atom. The largest absolute Gasteiger partial charge is 0.493 e. The molecule has 4 N–H and O–H groups in total. The third-order valence-electron chi connectivity index (χ3n) is 9.03. The molecule has 0 bridgehead atoms. The lowest BCUT2D eigenvalue weighted by Crippen LogP contribution is -2.31. The molecule has 0 heterocycles. The summed E-state index contributed by atoms with van der Waals surface area (Å²) in [5, 5.41) is 43.4. The van der Waals surface area contributed by atoms with Crippen molar-refractivity contribution in [2.24, 2.45) is 11.8 Å². The first kappa shape index (κ1) is 42.6. The van der Waals surface area contributed by atoms with Gasteiger partial charge < -0.3 is 39.7 Å². The van der Waals surface area contributed by atoms with Gasteiger partial charge in [-0.15, -0.1) is 10.1 Å². The Morgan fingerprint density at radius 2 is 1.74 bits per heavy atom. The van der Waals surface area contributed by atoms with Gasteiger partial charge in [0.15, 0.2) is 11.5 Å². The van der Waals surface area contributed by atoms with Gasteiger partial charge in [0.2, 0.25) is 5.91 Å². The van der Waals surface area contributed by atoms with E-state index < -0.39 is 35.3 Å². The number of esters is 2. The topological polar surface area (TPSA) is 204 Å². The van der Waals surface area contributed by atoms with Gasteiger partial charge >= 0.3 is 11.9 Å². The van der Waals surface area contributed by atoms with Crippen LogP contribution in [0.1, 0.15) is 75.3 Å². The molecule has 2 aromatic carbocycles. The van der Waals surface area contributed by atoms with Gasteiger partial charge in [-0.1, -0.05) is 54.6 Å². The second kappa shape index (κ2) is 23.7. The summed E-state index contributed by atoms with van der Waals surface area (Å²) in [7, 11) is 1.42. The van der Waals surface area contributed by atoms with Crippen LogP contribution in [0.5, 0.6) is 11.5 Å². The van der Waals surface area contributed by atoms with Gasteiger partial charge in [0, 0.05) is 12.8 Å². The second-order valence-electron chi connectivity index (χ2n) is 13.0. The first-order chi connectivity index (χ1) is 25.5. The minimum absolute atomic E-state index is 0.0110. The van der Waals surface area contributed by atoms with Gasteiger partial charge in [-0.3, -0.25) is 9.59 Å². The van der Waals surface area contributed by atoms with E-state index >= 15 is 0 Å². The van der Waals surface area contributed by atoms with Crippen molar-refractivity contribution >= 4 is 23.9 Å². The van der Waals surface area contributed by atoms with Crippen LogP contribution in [0.3, 0.4) is 0 Å². The molecule has 1 amide bonds. The van der Waals surface area contributed by atoms with E-state index in [-0.39, 0.29) is 68.3 Å². The molecule has 1 aliphatic rings. The van der Waals surface area contributed by atoms with Crippen LogP contribution in [0.15, 0.2) is 66.8 Å². The summed E-state index contributed by atoms with van der Waals surface area (Å²) in [5.74, 6) is -1.22. The SMILES string of the molecule is COc1cc(/C=C/COC(=O)CCCO[N+](=O)[O-])ccc1OC(=O)CNC(=O)CCC/C=C\C[C@@H]1[C@@H](CC[C@@H](O)CCc2ccccc2)[C@H](O)C[C@@H]1O. The number of nitrogens with one attached hydrogen (secondary N) is 1. The van der Waals surface area contributed by atoms with E-state index in [1.807, 2.05) is 42.5 Å². The molecule has 14 heteroatoms. The average Bonchev–Trinajstić information content (AvgIpc) is 3.42. The van der Waals surface area contributed by atoms with Crippen molar-refractivity contribution in [1.82, 2.24) is 5.32 Å². The minimum atomic E-state index is -0.921. The molecule has 14 nitrogen and oxygen atoms in total. The van der Waals surface area contributed by atoms with E-state index in [1.54, 1.807) is 24.3 Å². The van der Waals surface area contributed by atoms with Crippen molar-refractivity contribution in [1.29, 1.82) is 0 Å². The Kier molecular flexibility index (Phi) is 19.1. The van der Waals surface area contributed by atoms with E-state index in [0.717, 1.165) is 6.42 Å². The number of benzene rings is 2. The van der Waals surface area contributed by atoms with Crippen molar-refractivity contribution in [3.05, 3.63) is 88.0 Å². The van der Waals surface area contributed by atoms with E-state index in [9.17, 15) is 39.8 Å². The van der Waals surface area contributed by atoms with Crippen molar-refractivity contribution in [2.75, 3.05) is 26.9 Å². The Hall–Kier alpha value is -4.79. The lowest BCUT2D eigenvalue weighted by molar-refractivity contribution is -0.757. The number of carbonyl (C=O) groups is 3. The maximum Gasteiger partial charge on any atom is 0.330 e. The summed E-state index contributed by atoms with van der Waals surface area (Å²) in [4.78, 5) is 50.7. The quantitative estimate of drug-likeness (QED) is 0.0293. The zero-order chi connectivity index (χ0) is 38.4. The highest BCUT2D eigenvalue weighted by Crippen LogP contribution is 2.38. The van der Waals surface area contributed by atoms with Crippen molar-refractivity contribution in [2.45, 2.75) is 88.9 Å². The van der Waals surface area contributed by atoms with Gasteiger partial charge in [0.05, 0.1) is 32.0 Å². The molecular formula is C39H52N2O12. The van der Waals surface area contributed by atoms with Gasteiger partial charge in [-0.25, -0.2) is 4.79 Å². The van der Waals surface area contributed by atoms with Crippen LogP contribution in [-0.4, -0.2) is 83.4 Å². The van der Waals surface area contributed by atoms with Crippen LogP contribution < -0.4 is 14.8 Å².